The van der Waals surface area contributed by atoms with Gasteiger partial charge in [-0.25, -0.2) is 4.79 Å². The number of Topliss-reactive ketones (excluding diaryl/α,β-unsaturated/α-hetero) is 1. The summed E-state index contributed by atoms with van der Waals surface area (Å²) in [4.78, 5) is 41.5. The summed E-state index contributed by atoms with van der Waals surface area (Å²) in [6.45, 7) is 5.36. The van der Waals surface area contributed by atoms with Crippen LogP contribution in [0.15, 0.2) is 71.7 Å². The number of ketones is 1. The molecule has 1 atom stereocenters. The van der Waals surface area contributed by atoms with E-state index in [1.165, 1.54) is 19.4 Å². The maximum atomic E-state index is 12.7. The van der Waals surface area contributed by atoms with Gasteiger partial charge in [0.05, 0.1) is 11.5 Å². The average molecular weight is 536 g/mol. The Balaban J connectivity index is 1.75. The molecule has 0 heterocycles. The first-order valence-corrected chi connectivity index (χ1v) is 12.5. The molecular formula is C30H30ClNO6. The van der Waals surface area contributed by atoms with E-state index in [0.29, 0.717) is 28.3 Å². The molecule has 0 saturated carbocycles. The number of methoxy groups -OCH3 is 1. The molecule has 0 saturated heterocycles. The third-order valence-electron chi connectivity index (χ3n) is 5.50. The van der Waals surface area contributed by atoms with Gasteiger partial charge in [-0.05, 0) is 60.5 Å². The van der Waals surface area contributed by atoms with Crippen molar-refractivity contribution in [2.75, 3.05) is 13.7 Å². The predicted octanol–water partition coefficient (Wildman–Crippen LogP) is 5.67. The minimum absolute atomic E-state index is 0.0962. The second-order valence-electron chi connectivity index (χ2n) is 9.09. The topological polar surface area (TPSA) is 91.3 Å². The Labute approximate surface area is 227 Å². The first-order valence-electron chi connectivity index (χ1n) is 12.1. The fourth-order valence-corrected chi connectivity index (χ4v) is 3.62. The van der Waals surface area contributed by atoms with E-state index in [1.54, 1.807) is 62.4 Å². The van der Waals surface area contributed by atoms with Gasteiger partial charge in [0.2, 0.25) is 0 Å². The van der Waals surface area contributed by atoms with E-state index in [1.807, 2.05) is 19.1 Å². The standard InChI is InChI=1S/C30H30ClNO6/c1-19(2)29(34)37-25-11-7-21(8-12-25)15-27(28(33)18-36-4)32-17-22-13-24(31)16-26(14-22)38-30(35)23-9-5-20(3)6-10-23/h5-14,16-17,19,27H,15,18H2,1-4H3. The van der Waals surface area contributed by atoms with Crippen molar-refractivity contribution in [1.82, 2.24) is 0 Å². The van der Waals surface area contributed by atoms with E-state index in [4.69, 9.17) is 25.8 Å². The van der Waals surface area contributed by atoms with Gasteiger partial charge in [0.1, 0.15) is 24.1 Å². The zero-order valence-electron chi connectivity index (χ0n) is 21.8. The Hall–Kier alpha value is -3.81. The number of aryl methyl sites for hydroxylation is 1. The molecule has 0 spiro atoms. The molecule has 0 aromatic heterocycles. The Bertz CT molecular complexity index is 1300. The third-order valence-corrected chi connectivity index (χ3v) is 5.71. The van der Waals surface area contributed by atoms with Crippen molar-refractivity contribution in [3.63, 3.8) is 0 Å². The molecule has 3 aromatic rings. The minimum atomic E-state index is -0.725. The number of hydrogen-bond donors (Lipinski definition) is 0. The molecule has 0 radical (unpaired) electrons. The van der Waals surface area contributed by atoms with Crippen LogP contribution in [0.5, 0.6) is 11.5 Å². The van der Waals surface area contributed by atoms with E-state index in [0.717, 1.165) is 11.1 Å². The number of esters is 2. The van der Waals surface area contributed by atoms with Gasteiger partial charge in [-0.3, -0.25) is 14.6 Å². The highest BCUT2D eigenvalue weighted by Crippen LogP contribution is 2.22. The summed E-state index contributed by atoms with van der Waals surface area (Å²) in [6.07, 6.45) is 1.83. The van der Waals surface area contributed by atoms with Crippen molar-refractivity contribution in [2.24, 2.45) is 10.9 Å². The highest BCUT2D eigenvalue weighted by Gasteiger charge is 2.18. The van der Waals surface area contributed by atoms with Gasteiger partial charge < -0.3 is 14.2 Å². The highest BCUT2D eigenvalue weighted by atomic mass is 35.5. The van der Waals surface area contributed by atoms with Gasteiger partial charge in [-0.15, -0.1) is 0 Å². The Morgan fingerprint density at radius 3 is 2.24 bits per heavy atom. The van der Waals surface area contributed by atoms with Crippen LogP contribution < -0.4 is 9.47 Å². The van der Waals surface area contributed by atoms with E-state index in [9.17, 15) is 14.4 Å². The smallest absolute Gasteiger partial charge is 0.343 e. The minimum Gasteiger partial charge on any atom is -0.426 e. The molecule has 3 aromatic carbocycles. The molecule has 38 heavy (non-hydrogen) atoms. The molecule has 0 aliphatic carbocycles. The molecule has 0 aliphatic rings. The number of nitrogens with zero attached hydrogens (tertiary/aromatic N) is 1. The van der Waals surface area contributed by atoms with Crippen LogP contribution in [-0.4, -0.2) is 43.7 Å². The SMILES string of the molecule is COCC(=O)C(Cc1ccc(OC(=O)C(C)C)cc1)N=Cc1cc(Cl)cc(OC(=O)c2ccc(C)cc2)c1. The van der Waals surface area contributed by atoms with Crippen LogP contribution in [0.25, 0.3) is 0 Å². The molecule has 0 N–H and O–H groups in total. The number of aliphatic imine (C=N–C) groups is 1. The van der Waals surface area contributed by atoms with Crippen molar-refractivity contribution in [3.8, 4) is 11.5 Å². The summed E-state index contributed by atoms with van der Waals surface area (Å²) in [5.74, 6) is -0.574. The average Bonchev–Trinajstić information content (AvgIpc) is 2.87. The van der Waals surface area contributed by atoms with E-state index in [-0.39, 0.29) is 30.0 Å². The summed E-state index contributed by atoms with van der Waals surface area (Å²) in [6, 6.07) is 18.1. The molecule has 7 nitrogen and oxygen atoms in total. The first kappa shape index (κ1) is 28.8. The van der Waals surface area contributed by atoms with Crippen LogP contribution >= 0.6 is 11.6 Å². The molecule has 0 bridgehead atoms. The van der Waals surface area contributed by atoms with Crippen LogP contribution in [0.2, 0.25) is 5.02 Å². The van der Waals surface area contributed by atoms with Crippen LogP contribution in [0.4, 0.5) is 0 Å². The lowest BCUT2D eigenvalue weighted by Gasteiger charge is -2.12. The van der Waals surface area contributed by atoms with Crippen LogP contribution in [0, 0.1) is 12.8 Å². The van der Waals surface area contributed by atoms with Gasteiger partial charge in [-0.1, -0.05) is 55.3 Å². The van der Waals surface area contributed by atoms with Crippen LogP contribution in [-0.2, 0) is 20.7 Å². The van der Waals surface area contributed by atoms with Crippen molar-refractivity contribution < 1.29 is 28.6 Å². The fraction of sp³-hybridized carbons (Fsp3) is 0.267. The number of carbonyl (C=O) groups excluding carboxylic acids is 3. The normalized spacial score (nSPS) is 11.9. The van der Waals surface area contributed by atoms with Crippen molar-refractivity contribution >= 4 is 35.5 Å². The summed E-state index contributed by atoms with van der Waals surface area (Å²) in [5, 5.41) is 0.354. The fourth-order valence-electron chi connectivity index (χ4n) is 3.39. The molecular weight excluding hydrogens is 506 g/mol. The van der Waals surface area contributed by atoms with Crippen molar-refractivity contribution in [1.29, 1.82) is 0 Å². The summed E-state index contributed by atoms with van der Waals surface area (Å²) < 4.78 is 15.8. The number of benzene rings is 3. The number of halogens is 1. The molecule has 3 rings (SSSR count). The van der Waals surface area contributed by atoms with E-state index < -0.39 is 12.0 Å². The maximum absolute atomic E-state index is 12.7. The zero-order chi connectivity index (χ0) is 27.7. The quantitative estimate of drug-likeness (QED) is 0.178. The number of rotatable bonds is 11. The second kappa shape index (κ2) is 13.7. The lowest BCUT2D eigenvalue weighted by atomic mass is 10.0. The van der Waals surface area contributed by atoms with E-state index in [2.05, 4.69) is 4.99 Å². The monoisotopic (exact) mass is 535 g/mol. The summed E-state index contributed by atoms with van der Waals surface area (Å²) in [7, 11) is 1.45. The molecule has 198 valence electrons. The lowest BCUT2D eigenvalue weighted by molar-refractivity contribution is -0.137. The van der Waals surface area contributed by atoms with E-state index >= 15 is 0 Å². The number of carbonyl (C=O) groups is 3. The maximum Gasteiger partial charge on any atom is 0.343 e. The Morgan fingerprint density at radius 1 is 0.921 bits per heavy atom. The zero-order valence-corrected chi connectivity index (χ0v) is 22.5. The number of hydrogen-bond acceptors (Lipinski definition) is 7. The number of ether oxygens (including phenoxy) is 3. The predicted molar refractivity (Wildman–Crippen MR) is 146 cm³/mol. The Morgan fingerprint density at radius 2 is 1.61 bits per heavy atom. The van der Waals surface area contributed by atoms with Crippen molar-refractivity contribution in [3.05, 3.63) is 94.0 Å². The van der Waals surface area contributed by atoms with Crippen LogP contribution in [0.1, 0.15) is 40.9 Å². The summed E-state index contributed by atoms with van der Waals surface area (Å²) >= 11 is 6.25. The molecule has 0 aliphatic heterocycles. The van der Waals surface area contributed by atoms with Crippen LogP contribution in [0.3, 0.4) is 0 Å². The molecule has 0 amide bonds. The van der Waals surface area contributed by atoms with Gasteiger partial charge in [-0.2, -0.15) is 0 Å². The first-order chi connectivity index (χ1) is 18.1. The molecule has 1 unspecified atom stereocenters. The van der Waals surface area contributed by atoms with Crippen molar-refractivity contribution in [2.45, 2.75) is 33.2 Å². The molecule has 0 fully saturated rings. The second-order valence-corrected chi connectivity index (χ2v) is 9.53. The van der Waals surface area contributed by atoms with Gasteiger partial charge in [0.15, 0.2) is 5.78 Å². The Kier molecular flexibility index (Phi) is 10.3. The summed E-state index contributed by atoms with van der Waals surface area (Å²) in [5.41, 5.74) is 2.85. The lowest BCUT2D eigenvalue weighted by Crippen LogP contribution is -2.25. The molecule has 8 heteroatoms. The third kappa shape index (κ3) is 8.64. The van der Waals surface area contributed by atoms with Gasteiger partial charge >= 0.3 is 11.9 Å². The largest absolute Gasteiger partial charge is 0.426 e. The van der Waals surface area contributed by atoms with Gasteiger partial charge in [0.25, 0.3) is 0 Å². The van der Waals surface area contributed by atoms with Gasteiger partial charge in [0, 0.05) is 24.8 Å². The highest BCUT2D eigenvalue weighted by molar-refractivity contribution is 6.31.